The van der Waals surface area contributed by atoms with E-state index in [-0.39, 0.29) is 24.9 Å². The van der Waals surface area contributed by atoms with Gasteiger partial charge in [-0.1, -0.05) is 0 Å². The Hall–Kier alpha value is 0.628. The van der Waals surface area contributed by atoms with E-state index in [1.807, 2.05) is 0 Å². The van der Waals surface area contributed by atoms with Crippen LogP contribution in [0, 0.1) is 0 Å². The molecule has 5 atom stereocenters. The number of hydrogen-bond acceptors (Lipinski definition) is 6. The largest absolute Gasteiger partial charge is 0.409 e. The third-order valence-corrected chi connectivity index (χ3v) is 7.59. The molecule has 0 aliphatic carbocycles. The van der Waals surface area contributed by atoms with Crippen molar-refractivity contribution in [2.24, 2.45) is 0 Å². The van der Waals surface area contributed by atoms with E-state index in [9.17, 15) is 5.11 Å². The maximum atomic E-state index is 10.1. The van der Waals surface area contributed by atoms with Gasteiger partial charge < -0.3 is 27.5 Å². The average molecular weight is 469 g/mol. The van der Waals surface area contributed by atoms with Crippen molar-refractivity contribution >= 4 is 33.3 Å². The van der Waals surface area contributed by atoms with Gasteiger partial charge in [0.1, 0.15) is 24.4 Å². The Morgan fingerprint density at radius 2 is 0.929 bits per heavy atom. The van der Waals surface area contributed by atoms with Crippen LogP contribution in [0.15, 0.2) is 0 Å². The Balaban J connectivity index is 3.40. The van der Waals surface area contributed by atoms with Crippen LogP contribution in [0.1, 0.15) is 0 Å². The highest BCUT2D eigenvalue weighted by atomic mass is 28.4. The number of ether oxygens (including phenoxy) is 1. The summed E-state index contributed by atoms with van der Waals surface area (Å²) in [6.45, 7) is 25.7. The first-order chi connectivity index (χ1) is 12.3. The lowest BCUT2D eigenvalue weighted by Crippen LogP contribution is -2.67. The molecule has 0 saturated carbocycles. The lowest BCUT2D eigenvalue weighted by atomic mass is 9.99. The summed E-state index contributed by atoms with van der Waals surface area (Å²) in [6.07, 6.45) is -2.10. The number of aliphatic hydroxyl groups is 1. The average Bonchev–Trinajstić information content (AvgIpc) is 2.39. The smallest absolute Gasteiger partial charge is 0.187 e. The van der Waals surface area contributed by atoms with E-state index in [1.165, 1.54) is 0 Å². The zero-order valence-electron chi connectivity index (χ0n) is 20.1. The monoisotopic (exact) mass is 468 g/mol. The Labute approximate surface area is 176 Å². The predicted octanol–water partition coefficient (Wildman–Crippen LogP) is 4.22. The minimum atomic E-state index is -1.92. The SMILES string of the molecule is C[Si](C)(C)OC1O[C@H](CO)[C@@H](O[Si](C)(C)C)[C@H](O[Si](C)(C)C)[C@H]1O[Si](C)(C)C. The zero-order valence-corrected chi connectivity index (χ0v) is 24.1. The van der Waals surface area contributed by atoms with E-state index < -0.39 is 45.7 Å². The van der Waals surface area contributed by atoms with Gasteiger partial charge in [-0.2, -0.15) is 0 Å². The first-order valence-corrected chi connectivity index (χ1v) is 23.9. The molecule has 0 spiro atoms. The summed E-state index contributed by atoms with van der Waals surface area (Å²) in [5.41, 5.74) is 0. The topological polar surface area (TPSA) is 66.4 Å². The van der Waals surface area contributed by atoms with Gasteiger partial charge >= 0.3 is 0 Å². The summed E-state index contributed by atoms with van der Waals surface area (Å²) in [4.78, 5) is 0. The molecule has 0 aromatic heterocycles. The van der Waals surface area contributed by atoms with Gasteiger partial charge in [-0.3, -0.25) is 0 Å². The van der Waals surface area contributed by atoms with Gasteiger partial charge in [0.2, 0.25) is 0 Å². The molecule has 1 fully saturated rings. The highest BCUT2D eigenvalue weighted by Crippen LogP contribution is 2.34. The van der Waals surface area contributed by atoms with Gasteiger partial charge in [0.05, 0.1) is 6.61 Å². The Morgan fingerprint density at radius 3 is 1.29 bits per heavy atom. The summed E-state index contributed by atoms with van der Waals surface area (Å²) >= 11 is 0. The zero-order chi connectivity index (χ0) is 22.1. The third kappa shape index (κ3) is 9.62. The molecule has 6 nitrogen and oxygen atoms in total. The second kappa shape index (κ2) is 9.41. The van der Waals surface area contributed by atoms with Gasteiger partial charge in [-0.05, 0) is 78.6 Å². The lowest BCUT2D eigenvalue weighted by Gasteiger charge is -2.51. The molecule has 1 rings (SSSR count). The number of aliphatic hydroxyl groups excluding tert-OH is 1. The quantitative estimate of drug-likeness (QED) is 0.511. The van der Waals surface area contributed by atoms with E-state index in [0.717, 1.165) is 0 Å². The van der Waals surface area contributed by atoms with Crippen LogP contribution in [0.5, 0.6) is 0 Å². The van der Waals surface area contributed by atoms with Gasteiger partial charge in [0.25, 0.3) is 0 Å². The van der Waals surface area contributed by atoms with Crippen molar-refractivity contribution in [3.05, 3.63) is 0 Å². The van der Waals surface area contributed by atoms with E-state index in [1.54, 1.807) is 0 Å². The van der Waals surface area contributed by atoms with Crippen molar-refractivity contribution < 1.29 is 27.5 Å². The normalized spacial score (nSPS) is 30.5. The fourth-order valence-electron chi connectivity index (χ4n) is 3.10. The van der Waals surface area contributed by atoms with Crippen molar-refractivity contribution in [3.63, 3.8) is 0 Å². The van der Waals surface area contributed by atoms with Crippen LogP contribution in [0.3, 0.4) is 0 Å². The minimum absolute atomic E-state index is 0.133. The molecule has 0 aromatic carbocycles. The highest BCUT2D eigenvalue weighted by molar-refractivity contribution is 6.71. The van der Waals surface area contributed by atoms with Crippen LogP contribution < -0.4 is 0 Å². The van der Waals surface area contributed by atoms with Crippen LogP contribution in [-0.2, 0) is 22.4 Å². The van der Waals surface area contributed by atoms with Crippen molar-refractivity contribution in [2.45, 2.75) is 109 Å². The fourth-order valence-corrected chi connectivity index (χ4v) is 7.23. The molecule has 0 amide bonds. The highest BCUT2D eigenvalue weighted by Gasteiger charge is 2.52. The molecular formula is C18H44O6Si4. The van der Waals surface area contributed by atoms with Crippen molar-refractivity contribution in [3.8, 4) is 0 Å². The van der Waals surface area contributed by atoms with E-state index in [0.29, 0.717) is 0 Å². The molecule has 1 unspecified atom stereocenters. The van der Waals surface area contributed by atoms with Crippen LogP contribution in [0.2, 0.25) is 78.6 Å². The lowest BCUT2D eigenvalue weighted by molar-refractivity contribution is -0.269. The van der Waals surface area contributed by atoms with Crippen LogP contribution in [-0.4, -0.2) is 75.7 Å². The number of hydrogen-bond donors (Lipinski definition) is 1. The molecule has 1 N–H and O–H groups in total. The first-order valence-electron chi connectivity index (χ1n) is 10.3. The van der Waals surface area contributed by atoms with E-state index >= 15 is 0 Å². The standard InChI is InChI=1S/C18H44O6Si4/c1-25(2,3)21-15-14(13-19)20-18(24-28(10,11)12)17(23-27(7,8)9)16(15)22-26(4,5)6/h14-19H,13H2,1-12H3/t14-,15-,16+,17-,18?/m1/s1. The molecule has 28 heavy (non-hydrogen) atoms. The minimum Gasteiger partial charge on any atom is -0.409 e. The second-order valence-corrected chi connectivity index (χ2v) is 29.4. The summed E-state index contributed by atoms with van der Waals surface area (Å²) < 4.78 is 32.4. The molecular weight excluding hydrogens is 425 g/mol. The molecule has 1 aliphatic rings. The molecule has 0 aromatic rings. The summed E-state index contributed by atoms with van der Waals surface area (Å²) in [5, 5.41) is 10.1. The Kier molecular flexibility index (Phi) is 8.96. The summed E-state index contributed by atoms with van der Waals surface area (Å²) in [6, 6.07) is 0. The second-order valence-electron chi connectivity index (χ2n) is 11.5. The molecule has 0 radical (unpaired) electrons. The number of rotatable bonds is 9. The molecule has 168 valence electrons. The third-order valence-electron chi connectivity index (χ3n) is 3.71. The van der Waals surface area contributed by atoms with Crippen molar-refractivity contribution in [1.82, 2.24) is 0 Å². The van der Waals surface area contributed by atoms with E-state index in [4.69, 9.17) is 22.4 Å². The Bertz CT molecular complexity index is 492. The summed E-state index contributed by atoms with van der Waals surface area (Å²) in [5.74, 6) is 0. The Morgan fingerprint density at radius 1 is 0.571 bits per heavy atom. The van der Waals surface area contributed by atoms with Crippen LogP contribution in [0.25, 0.3) is 0 Å². The molecule has 10 heteroatoms. The predicted molar refractivity (Wildman–Crippen MR) is 125 cm³/mol. The van der Waals surface area contributed by atoms with Crippen molar-refractivity contribution in [1.29, 1.82) is 0 Å². The molecule has 1 saturated heterocycles. The van der Waals surface area contributed by atoms with E-state index in [2.05, 4.69) is 78.6 Å². The maximum Gasteiger partial charge on any atom is 0.187 e. The van der Waals surface area contributed by atoms with Gasteiger partial charge in [0.15, 0.2) is 39.6 Å². The van der Waals surface area contributed by atoms with Crippen LogP contribution in [0.4, 0.5) is 0 Å². The maximum absolute atomic E-state index is 10.1. The van der Waals surface area contributed by atoms with Crippen LogP contribution >= 0.6 is 0 Å². The fraction of sp³-hybridized carbons (Fsp3) is 1.00. The summed E-state index contributed by atoms with van der Waals surface area (Å²) in [7, 11) is -7.65. The van der Waals surface area contributed by atoms with Crippen molar-refractivity contribution in [2.75, 3.05) is 6.61 Å². The van der Waals surface area contributed by atoms with Gasteiger partial charge in [-0.15, -0.1) is 0 Å². The van der Waals surface area contributed by atoms with Gasteiger partial charge in [0, 0.05) is 0 Å². The van der Waals surface area contributed by atoms with Gasteiger partial charge in [-0.25, -0.2) is 0 Å². The first kappa shape index (κ1) is 26.7. The molecule has 0 bridgehead atoms. The molecule has 1 aliphatic heterocycles. The molecule has 1 heterocycles.